The Hall–Kier alpha value is -0.600. The van der Waals surface area contributed by atoms with Gasteiger partial charge in [-0.1, -0.05) is 30.5 Å². The van der Waals surface area contributed by atoms with E-state index in [2.05, 4.69) is 0 Å². The van der Waals surface area contributed by atoms with E-state index in [0.717, 1.165) is 24.8 Å². The number of halogens is 2. The fraction of sp³-hybridized carbons (Fsp3) is 0.500. The largest absolute Gasteiger partial charge is 0.325 e. The number of nitrogens with two attached hydrogens (primary N) is 1. The van der Waals surface area contributed by atoms with Crippen LogP contribution in [0.5, 0.6) is 0 Å². The highest BCUT2D eigenvalue weighted by Gasteiger charge is 2.29. The Morgan fingerprint density at radius 1 is 1.33 bits per heavy atom. The fourth-order valence-corrected chi connectivity index (χ4v) is 2.43. The summed E-state index contributed by atoms with van der Waals surface area (Å²) in [5.41, 5.74) is 7.04. The molecule has 0 atom stereocenters. The van der Waals surface area contributed by atoms with Crippen LogP contribution in [0.2, 0.25) is 5.02 Å². The highest BCUT2D eigenvalue weighted by Crippen LogP contribution is 2.31. The maximum Gasteiger partial charge on any atom is 0.142 e. The molecule has 0 heterocycles. The van der Waals surface area contributed by atoms with Gasteiger partial charge in [-0.3, -0.25) is 0 Å². The lowest BCUT2D eigenvalue weighted by Gasteiger charge is -2.23. The normalized spacial score (nSPS) is 19.4. The van der Waals surface area contributed by atoms with Crippen LogP contribution < -0.4 is 5.73 Å². The predicted octanol–water partition coefficient (Wildman–Crippen LogP) is 3.29. The lowest BCUT2D eigenvalue weighted by molar-refractivity contribution is 0.435. The Labute approximate surface area is 94.4 Å². The second kappa shape index (κ2) is 4.11. The summed E-state index contributed by atoms with van der Waals surface area (Å²) in [7, 11) is 0. The highest BCUT2D eigenvalue weighted by molar-refractivity contribution is 6.30. The lowest BCUT2D eigenvalue weighted by atomic mass is 9.90. The molecule has 1 aromatic rings. The van der Waals surface area contributed by atoms with Gasteiger partial charge in [-0.05, 0) is 37.0 Å². The molecule has 82 valence electrons. The zero-order chi connectivity index (χ0) is 10.9. The molecule has 1 aromatic carbocycles. The van der Waals surface area contributed by atoms with Crippen molar-refractivity contribution >= 4 is 11.6 Å². The van der Waals surface area contributed by atoms with E-state index >= 15 is 0 Å². The van der Waals surface area contributed by atoms with E-state index in [-0.39, 0.29) is 16.4 Å². The van der Waals surface area contributed by atoms with Gasteiger partial charge in [-0.2, -0.15) is 0 Å². The molecule has 1 fully saturated rings. The maximum absolute atomic E-state index is 13.2. The van der Waals surface area contributed by atoms with Gasteiger partial charge in [0.1, 0.15) is 5.82 Å². The first-order chi connectivity index (χ1) is 7.09. The first-order valence-electron chi connectivity index (χ1n) is 5.32. The smallest absolute Gasteiger partial charge is 0.142 e. The molecule has 1 saturated carbocycles. The molecule has 1 nitrogen and oxygen atoms in total. The van der Waals surface area contributed by atoms with E-state index in [1.807, 2.05) is 6.07 Å². The van der Waals surface area contributed by atoms with Gasteiger partial charge in [0.15, 0.2) is 0 Å². The minimum Gasteiger partial charge on any atom is -0.325 e. The molecule has 0 spiro atoms. The minimum absolute atomic E-state index is 0.125. The number of hydrogen-bond acceptors (Lipinski definition) is 1. The van der Waals surface area contributed by atoms with Crippen LogP contribution in [0.15, 0.2) is 18.2 Å². The van der Waals surface area contributed by atoms with E-state index in [1.165, 1.54) is 18.9 Å². The molecule has 0 aliphatic heterocycles. The summed E-state index contributed by atoms with van der Waals surface area (Å²) in [5, 5.41) is 0.177. The van der Waals surface area contributed by atoms with Crippen LogP contribution in [0.3, 0.4) is 0 Å². The summed E-state index contributed by atoms with van der Waals surface area (Å²) in [4.78, 5) is 0. The molecule has 0 aromatic heterocycles. The molecule has 0 radical (unpaired) electrons. The molecule has 2 rings (SSSR count). The van der Waals surface area contributed by atoms with Crippen molar-refractivity contribution in [2.45, 2.75) is 37.6 Å². The van der Waals surface area contributed by atoms with Crippen molar-refractivity contribution in [3.8, 4) is 0 Å². The Kier molecular flexibility index (Phi) is 2.98. The average molecular weight is 228 g/mol. The topological polar surface area (TPSA) is 26.0 Å². The van der Waals surface area contributed by atoms with Crippen LogP contribution in [-0.4, -0.2) is 5.54 Å². The third-order valence-electron chi connectivity index (χ3n) is 3.14. The molecule has 2 N–H and O–H groups in total. The molecule has 15 heavy (non-hydrogen) atoms. The van der Waals surface area contributed by atoms with Crippen LogP contribution >= 0.6 is 11.6 Å². The summed E-state index contributed by atoms with van der Waals surface area (Å²) in [6.45, 7) is 0. The van der Waals surface area contributed by atoms with Crippen molar-refractivity contribution in [3.63, 3.8) is 0 Å². The van der Waals surface area contributed by atoms with Gasteiger partial charge in [-0.25, -0.2) is 4.39 Å². The van der Waals surface area contributed by atoms with E-state index in [9.17, 15) is 4.39 Å². The van der Waals surface area contributed by atoms with Gasteiger partial charge >= 0.3 is 0 Å². The highest BCUT2D eigenvalue weighted by atomic mass is 35.5. The summed E-state index contributed by atoms with van der Waals surface area (Å²) < 4.78 is 13.2. The monoisotopic (exact) mass is 227 g/mol. The Bertz CT molecular complexity index is 359. The number of hydrogen-bond donors (Lipinski definition) is 1. The quantitative estimate of drug-likeness (QED) is 0.825. The molecule has 0 saturated heterocycles. The molecular weight excluding hydrogens is 213 g/mol. The van der Waals surface area contributed by atoms with Crippen molar-refractivity contribution in [2.75, 3.05) is 0 Å². The van der Waals surface area contributed by atoms with Gasteiger partial charge in [0, 0.05) is 5.54 Å². The average Bonchev–Trinajstić information content (AvgIpc) is 2.59. The van der Waals surface area contributed by atoms with E-state index in [0.29, 0.717) is 0 Å². The standard InChI is InChI=1S/C12H15ClFN/c13-10-4-3-9(7-11(10)14)8-12(15)5-1-2-6-12/h3-4,7H,1-2,5-6,8,15H2. The summed E-state index contributed by atoms with van der Waals surface area (Å²) >= 11 is 5.63. The fourth-order valence-electron chi connectivity index (χ4n) is 2.31. The van der Waals surface area contributed by atoms with Crippen molar-refractivity contribution in [1.29, 1.82) is 0 Å². The van der Waals surface area contributed by atoms with Crippen molar-refractivity contribution < 1.29 is 4.39 Å². The zero-order valence-electron chi connectivity index (χ0n) is 8.60. The van der Waals surface area contributed by atoms with Crippen LogP contribution in [-0.2, 0) is 6.42 Å². The Balaban J connectivity index is 2.13. The van der Waals surface area contributed by atoms with Crippen molar-refractivity contribution in [2.24, 2.45) is 5.73 Å². The minimum atomic E-state index is -0.351. The second-order valence-corrected chi connectivity index (χ2v) is 4.90. The summed E-state index contributed by atoms with van der Waals surface area (Å²) in [6.07, 6.45) is 5.20. The molecule has 3 heteroatoms. The van der Waals surface area contributed by atoms with Gasteiger partial charge in [0.2, 0.25) is 0 Å². The summed E-state index contributed by atoms with van der Waals surface area (Å²) in [5.74, 6) is -0.351. The van der Waals surface area contributed by atoms with Gasteiger partial charge < -0.3 is 5.73 Å². The van der Waals surface area contributed by atoms with Gasteiger partial charge in [0.25, 0.3) is 0 Å². The van der Waals surface area contributed by atoms with Crippen LogP contribution in [0, 0.1) is 5.82 Å². The van der Waals surface area contributed by atoms with Crippen molar-refractivity contribution in [3.05, 3.63) is 34.6 Å². The molecule has 0 bridgehead atoms. The Morgan fingerprint density at radius 2 is 2.00 bits per heavy atom. The van der Waals surface area contributed by atoms with Crippen molar-refractivity contribution in [1.82, 2.24) is 0 Å². The molecule has 1 aliphatic carbocycles. The van der Waals surface area contributed by atoms with Crippen LogP contribution in [0.25, 0.3) is 0 Å². The predicted molar refractivity (Wildman–Crippen MR) is 60.5 cm³/mol. The van der Waals surface area contributed by atoms with Crippen LogP contribution in [0.4, 0.5) is 4.39 Å². The molecular formula is C12H15ClFN. The number of benzene rings is 1. The van der Waals surface area contributed by atoms with Crippen LogP contribution in [0.1, 0.15) is 31.2 Å². The third-order valence-corrected chi connectivity index (χ3v) is 3.45. The van der Waals surface area contributed by atoms with Gasteiger partial charge in [-0.15, -0.1) is 0 Å². The third kappa shape index (κ3) is 2.50. The maximum atomic E-state index is 13.2. The van der Waals surface area contributed by atoms with E-state index in [1.54, 1.807) is 6.07 Å². The Morgan fingerprint density at radius 3 is 2.60 bits per heavy atom. The van der Waals surface area contributed by atoms with E-state index in [4.69, 9.17) is 17.3 Å². The molecule has 1 aliphatic rings. The summed E-state index contributed by atoms with van der Waals surface area (Å²) in [6, 6.07) is 4.96. The molecule has 0 unspecified atom stereocenters. The first kappa shape index (κ1) is 10.9. The second-order valence-electron chi connectivity index (χ2n) is 4.49. The number of rotatable bonds is 2. The molecule has 0 amide bonds. The van der Waals surface area contributed by atoms with E-state index < -0.39 is 0 Å². The lowest BCUT2D eigenvalue weighted by Crippen LogP contribution is -2.38. The van der Waals surface area contributed by atoms with Gasteiger partial charge in [0.05, 0.1) is 5.02 Å². The zero-order valence-corrected chi connectivity index (χ0v) is 9.36. The first-order valence-corrected chi connectivity index (χ1v) is 5.70. The SMILES string of the molecule is NC1(Cc2ccc(Cl)c(F)c2)CCCC1.